The van der Waals surface area contributed by atoms with Crippen molar-refractivity contribution in [2.75, 3.05) is 45.3 Å². The molecule has 2 saturated heterocycles. The van der Waals surface area contributed by atoms with E-state index in [9.17, 15) is 0 Å². The molecular weight excluding hydrogens is 236 g/mol. The molecule has 1 aromatic carbocycles. The van der Waals surface area contributed by atoms with Crippen molar-refractivity contribution in [1.29, 1.82) is 0 Å². The third-order valence-corrected chi connectivity index (χ3v) is 4.87. The zero-order valence-electron chi connectivity index (χ0n) is 12.0. The van der Waals surface area contributed by atoms with Crippen molar-refractivity contribution < 1.29 is 4.74 Å². The second-order valence-corrected chi connectivity index (χ2v) is 6.14. The molecule has 3 heteroatoms. The summed E-state index contributed by atoms with van der Waals surface area (Å²) >= 11 is 0. The molecule has 1 aromatic rings. The van der Waals surface area contributed by atoms with E-state index in [0.717, 1.165) is 26.3 Å². The van der Waals surface area contributed by atoms with E-state index >= 15 is 0 Å². The Hall–Kier alpha value is -1.06. The molecule has 1 unspecified atom stereocenters. The number of nitrogens with zero attached hydrogens (tertiary/aromatic N) is 1. The Balaban J connectivity index is 1.84. The molecule has 3 nitrogen and oxygen atoms in total. The van der Waals surface area contributed by atoms with Crippen LogP contribution in [-0.4, -0.2) is 40.4 Å². The Morgan fingerprint density at radius 3 is 2.47 bits per heavy atom. The molecule has 0 bridgehead atoms. The molecule has 0 saturated carbocycles. The van der Waals surface area contributed by atoms with E-state index in [1.54, 1.807) is 0 Å². The topological polar surface area (TPSA) is 24.5 Å². The van der Waals surface area contributed by atoms with Crippen LogP contribution in [0.1, 0.15) is 24.3 Å². The SMILES string of the molecule is CN(C)c1ccc(C2CNCC23CCOCC3)cc1. The Morgan fingerprint density at radius 1 is 1.16 bits per heavy atom. The zero-order chi connectivity index (χ0) is 13.3. The van der Waals surface area contributed by atoms with Crippen LogP contribution < -0.4 is 10.2 Å². The van der Waals surface area contributed by atoms with Crippen molar-refractivity contribution >= 4 is 5.69 Å². The van der Waals surface area contributed by atoms with E-state index in [-0.39, 0.29) is 0 Å². The zero-order valence-corrected chi connectivity index (χ0v) is 12.0. The predicted molar refractivity (Wildman–Crippen MR) is 78.9 cm³/mol. The maximum absolute atomic E-state index is 5.56. The van der Waals surface area contributed by atoms with Crippen LogP contribution in [0.4, 0.5) is 5.69 Å². The van der Waals surface area contributed by atoms with Crippen LogP contribution in [0, 0.1) is 5.41 Å². The average molecular weight is 260 g/mol. The average Bonchev–Trinajstić information content (AvgIpc) is 2.83. The van der Waals surface area contributed by atoms with Crippen LogP contribution in [0.15, 0.2) is 24.3 Å². The highest BCUT2D eigenvalue weighted by molar-refractivity contribution is 5.47. The molecule has 0 aromatic heterocycles. The van der Waals surface area contributed by atoms with Gasteiger partial charge in [-0.1, -0.05) is 12.1 Å². The van der Waals surface area contributed by atoms with E-state index in [4.69, 9.17) is 4.74 Å². The van der Waals surface area contributed by atoms with Gasteiger partial charge in [-0.25, -0.2) is 0 Å². The highest BCUT2D eigenvalue weighted by Gasteiger charge is 2.44. The molecule has 104 valence electrons. The minimum Gasteiger partial charge on any atom is -0.381 e. The number of rotatable bonds is 2. The lowest BCUT2D eigenvalue weighted by Crippen LogP contribution is -2.35. The minimum atomic E-state index is 0.428. The van der Waals surface area contributed by atoms with E-state index in [0.29, 0.717) is 11.3 Å². The van der Waals surface area contributed by atoms with Gasteiger partial charge in [0.1, 0.15) is 0 Å². The van der Waals surface area contributed by atoms with Gasteiger partial charge in [0.05, 0.1) is 0 Å². The molecule has 0 aliphatic carbocycles. The highest BCUT2D eigenvalue weighted by atomic mass is 16.5. The van der Waals surface area contributed by atoms with Crippen molar-refractivity contribution in [2.24, 2.45) is 5.41 Å². The number of hydrogen-bond acceptors (Lipinski definition) is 3. The molecule has 2 fully saturated rings. The molecule has 0 radical (unpaired) electrons. The maximum Gasteiger partial charge on any atom is 0.0472 e. The van der Waals surface area contributed by atoms with Crippen molar-refractivity contribution in [3.05, 3.63) is 29.8 Å². The smallest absolute Gasteiger partial charge is 0.0472 e. The van der Waals surface area contributed by atoms with Gasteiger partial charge in [0.2, 0.25) is 0 Å². The first-order chi connectivity index (χ1) is 9.21. The van der Waals surface area contributed by atoms with E-state index < -0.39 is 0 Å². The van der Waals surface area contributed by atoms with Gasteiger partial charge in [-0.05, 0) is 36.0 Å². The predicted octanol–water partition coefficient (Wildman–Crippen LogP) is 2.24. The van der Waals surface area contributed by atoms with Gasteiger partial charge < -0.3 is 15.0 Å². The van der Waals surface area contributed by atoms with Crippen molar-refractivity contribution in [1.82, 2.24) is 5.32 Å². The first-order valence-electron chi connectivity index (χ1n) is 7.27. The normalized spacial score (nSPS) is 25.7. The lowest BCUT2D eigenvalue weighted by Gasteiger charge is -2.38. The maximum atomic E-state index is 5.56. The number of benzene rings is 1. The lowest BCUT2D eigenvalue weighted by atomic mass is 9.69. The highest BCUT2D eigenvalue weighted by Crippen LogP contribution is 2.46. The summed E-state index contributed by atoms with van der Waals surface area (Å²) in [7, 11) is 4.18. The molecule has 1 spiro atoms. The fourth-order valence-corrected chi connectivity index (χ4v) is 3.58. The summed E-state index contributed by atoms with van der Waals surface area (Å²) in [6.45, 7) is 4.11. The third-order valence-electron chi connectivity index (χ3n) is 4.87. The molecule has 1 atom stereocenters. The van der Waals surface area contributed by atoms with Crippen molar-refractivity contribution in [3.8, 4) is 0 Å². The largest absolute Gasteiger partial charge is 0.381 e. The third kappa shape index (κ3) is 2.37. The second kappa shape index (κ2) is 5.14. The fourth-order valence-electron chi connectivity index (χ4n) is 3.58. The van der Waals surface area contributed by atoms with E-state index in [2.05, 4.69) is 48.6 Å². The van der Waals surface area contributed by atoms with Crippen LogP contribution in [0.2, 0.25) is 0 Å². The summed E-state index contributed by atoms with van der Waals surface area (Å²) in [6.07, 6.45) is 2.39. The number of anilines is 1. The molecule has 2 heterocycles. The molecule has 0 amide bonds. The number of ether oxygens (including phenoxy) is 1. The first kappa shape index (κ1) is 12.9. The van der Waals surface area contributed by atoms with E-state index in [1.165, 1.54) is 24.1 Å². The minimum absolute atomic E-state index is 0.428. The Bertz CT molecular complexity index is 421. The lowest BCUT2D eigenvalue weighted by molar-refractivity contribution is 0.0165. The van der Waals surface area contributed by atoms with Gasteiger partial charge in [-0.2, -0.15) is 0 Å². The van der Waals surface area contributed by atoms with Gasteiger partial charge in [-0.3, -0.25) is 0 Å². The Morgan fingerprint density at radius 2 is 1.84 bits per heavy atom. The van der Waals surface area contributed by atoms with Crippen LogP contribution in [0.3, 0.4) is 0 Å². The van der Waals surface area contributed by atoms with Crippen molar-refractivity contribution in [3.63, 3.8) is 0 Å². The molecule has 2 aliphatic heterocycles. The molecule has 1 N–H and O–H groups in total. The monoisotopic (exact) mass is 260 g/mol. The Labute approximate surface area is 115 Å². The fraction of sp³-hybridized carbons (Fsp3) is 0.625. The molecular formula is C16H24N2O. The molecule has 19 heavy (non-hydrogen) atoms. The van der Waals surface area contributed by atoms with Crippen LogP contribution >= 0.6 is 0 Å². The summed E-state index contributed by atoms with van der Waals surface area (Å²) in [5.41, 5.74) is 3.19. The van der Waals surface area contributed by atoms with Crippen LogP contribution in [-0.2, 0) is 4.74 Å². The summed E-state index contributed by atoms with van der Waals surface area (Å²) < 4.78 is 5.56. The summed E-state index contributed by atoms with van der Waals surface area (Å²) in [5.74, 6) is 0.646. The Kier molecular flexibility index (Phi) is 3.50. The second-order valence-electron chi connectivity index (χ2n) is 6.14. The van der Waals surface area contributed by atoms with Gasteiger partial charge in [0.15, 0.2) is 0 Å². The summed E-state index contributed by atoms with van der Waals surface area (Å²) in [6, 6.07) is 9.09. The van der Waals surface area contributed by atoms with Crippen LogP contribution in [0.5, 0.6) is 0 Å². The van der Waals surface area contributed by atoms with Crippen LogP contribution in [0.25, 0.3) is 0 Å². The van der Waals surface area contributed by atoms with Gasteiger partial charge in [0, 0.05) is 52.0 Å². The van der Waals surface area contributed by atoms with Crippen molar-refractivity contribution in [2.45, 2.75) is 18.8 Å². The summed E-state index contributed by atoms with van der Waals surface area (Å²) in [5, 5.41) is 3.60. The van der Waals surface area contributed by atoms with Gasteiger partial charge >= 0.3 is 0 Å². The quantitative estimate of drug-likeness (QED) is 0.882. The van der Waals surface area contributed by atoms with Gasteiger partial charge in [0.25, 0.3) is 0 Å². The molecule has 3 rings (SSSR count). The summed E-state index contributed by atoms with van der Waals surface area (Å²) in [4.78, 5) is 2.15. The first-order valence-corrected chi connectivity index (χ1v) is 7.27. The molecule has 2 aliphatic rings. The number of nitrogens with one attached hydrogen (secondary N) is 1. The van der Waals surface area contributed by atoms with E-state index in [1.807, 2.05) is 0 Å². The number of hydrogen-bond donors (Lipinski definition) is 1. The van der Waals surface area contributed by atoms with Gasteiger partial charge in [-0.15, -0.1) is 0 Å². The standard InChI is InChI=1S/C16H24N2O/c1-18(2)14-5-3-13(4-6-14)15-11-17-12-16(15)7-9-19-10-8-16/h3-6,15,17H,7-12H2,1-2H3.